The van der Waals surface area contributed by atoms with Crippen molar-refractivity contribution in [3.63, 3.8) is 0 Å². The second kappa shape index (κ2) is 19.0. The third-order valence-corrected chi connectivity index (χ3v) is 13.9. The van der Waals surface area contributed by atoms with Crippen LogP contribution in [-0.4, -0.2) is 15.5 Å². The van der Waals surface area contributed by atoms with Crippen LogP contribution in [0.1, 0.15) is 77.6 Å². The van der Waals surface area contributed by atoms with Crippen molar-refractivity contribution in [3.05, 3.63) is 146 Å². The fourth-order valence-electron chi connectivity index (χ4n) is 5.93. The predicted octanol–water partition coefficient (Wildman–Crippen LogP) is 7.58. The van der Waals surface area contributed by atoms with Gasteiger partial charge in [0.15, 0.2) is 0 Å². The molecule has 0 amide bonds. The first-order valence-corrected chi connectivity index (χ1v) is 24.3. The molecule has 6 heteroatoms. The minimum atomic E-state index is -1.07. The molecule has 1 aliphatic rings. The van der Waals surface area contributed by atoms with E-state index in [1.54, 1.807) is 5.20 Å². The van der Waals surface area contributed by atoms with Crippen molar-refractivity contribution < 1.29 is 47.1 Å². The number of rotatable bonds is 3. The summed E-state index contributed by atoms with van der Waals surface area (Å²) in [6.07, 6.45) is 5.81. The molecule has 0 bridgehead atoms. The Labute approximate surface area is 342 Å². The summed E-state index contributed by atoms with van der Waals surface area (Å²) in [5.41, 5.74) is 7.11. The number of hydrogen-bond donors (Lipinski definition) is 0. The Morgan fingerprint density at radius 3 is 1.35 bits per heavy atom. The van der Waals surface area contributed by atoms with Crippen LogP contribution in [0.5, 0.6) is 0 Å². The zero-order valence-electron chi connectivity index (χ0n) is 32.0. The molecule has 1 atom stereocenters. The van der Waals surface area contributed by atoms with Gasteiger partial charge in [-0.25, -0.2) is 10.8 Å². The van der Waals surface area contributed by atoms with Gasteiger partial charge in [-0.15, -0.1) is 39.7 Å². The van der Waals surface area contributed by atoms with Crippen molar-refractivity contribution in [2.24, 2.45) is 5.92 Å². The molecular formula is C45H52Cl4SiZr-4. The Kier molecular flexibility index (Phi) is 16.9. The largest absolute Gasteiger partial charge is 1.00 e. The summed E-state index contributed by atoms with van der Waals surface area (Å²) >= 11 is 11.0. The minimum absolute atomic E-state index is 0. The number of allylic oxidation sites excluding steroid dienone is 4. The molecule has 0 spiro atoms. The predicted molar refractivity (Wildman–Crippen MR) is 221 cm³/mol. The maximum Gasteiger partial charge on any atom is -1.00 e. The van der Waals surface area contributed by atoms with E-state index in [1.807, 2.05) is 24.3 Å². The Morgan fingerprint density at radius 2 is 1.06 bits per heavy atom. The smallest absolute Gasteiger partial charge is 1.00 e. The summed E-state index contributed by atoms with van der Waals surface area (Å²) < 4.78 is 4.66. The van der Waals surface area contributed by atoms with Crippen LogP contribution in [0.2, 0.25) is 29.7 Å². The van der Waals surface area contributed by atoms with Crippen LogP contribution < -0.4 is 24.8 Å². The van der Waals surface area contributed by atoms with E-state index >= 15 is 0 Å². The average molecular weight is 854 g/mol. The van der Waals surface area contributed by atoms with Crippen LogP contribution in [0.3, 0.4) is 0 Å². The standard InChI is InChI=1S/C21H25.C10H17Si.2C7H5Cl.2ClH.Zr/c1-20(2,3)16-9-7-14-11-15-8-10-17(21(4,5)6)13-19(15)18(14)12-16;1-8-6-9(2)10(7-8)11(3,4)5;2*1-6-2-4-7(8)5-3-6;;;/h7-13H,1-6H3;7-8H,1-5H3;2*1-5H;2*1H;/q2*-1;;;;;/p-2. The maximum atomic E-state index is 5.84. The van der Waals surface area contributed by atoms with Crippen molar-refractivity contribution >= 4 is 60.2 Å². The van der Waals surface area contributed by atoms with E-state index in [0.717, 1.165) is 10.0 Å². The number of halogens is 4. The molecule has 0 saturated heterocycles. The average Bonchev–Trinajstić information content (AvgIpc) is 3.57. The SMILES string of the molecule is CC(C)(C)c1ccc2[cH-]c3ccc(C(C)(C)C)cc3c2c1.CC1=[C-]C(C)C=C1[Si](C)(C)C.Clc1ccc([CH]=[Zr]=[CH]c2ccc(Cl)cc2)cc1.[Cl-].[Cl-]. The van der Waals surface area contributed by atoms with Gasteiger partial charge in [-0.05, 0) is 18.9 Å². The van der Waals surface area contributed by atoms with Crippen LogP contribution in [0.4, 0.5) is 0 Å². The zero-order valence-corrected chi connectivity index (χ0v) is 38.5. The van der Waals surface area contributed by atoms with E-state index in [9.17, 15) is 0 Å². The van der Waals surface area contributed by atoms with Crippen molar-refractivity contribution in [3.8, 4) is 0 Å². The molecule has 5 aromatic rings. The quantitative estimate of drug-likeness (QED) is 0.130. The fraction of sp³-hybridized carbons (Fsp3) is 0.311. The van der Waals surface area contributed by atoms with Crippen LogP contribution in [0.15, 0.2) is 108 Å². The van der Waals surface area contributed by atoms with Gasteiger partial charge in [0, 0.05) is 0 Å². The molecule has 0 saturated carbocycles. The second-order valence-electron chi connectivity index (χ2n) is 16.2. The van der Waals surface area contributed by atoms with Crippen LogP contribution in [0, 0.1) is 12.0 Å². The van der Waals surface area contributed by atoms with Gasteiger partial charge in [0.05, 0.1) is 0 Å². The first kappa shape index (κ1) is 45.4. The molecule has 51 heavy (non-hydrogen) atoms. The van der Waals surface area contributed by atoms with E-state index in [4.69, 9.17) is 23.2 Å². The van der Waals surface area contributed by atoms with Crippen molar-refractivity contribution in [1.29, 1.82) is 0 Å². The van der Waals surface area contributed by atoms with Crippen LogP contribution in [-0.2, 0) is 33.1 Å². The first-order chi connectivity index (χ1) is 22.8. The molecule has 0 fully saturated rings. The molecule has 1 aliphatic carbocycles. The molecule has 0 aromatic heterocycles. The van der Waals surface area contributed by atoms with Gasteiger partial charge in [0.2, 0.25) is 0 Å². The molecule has 6 rings (SSSR count). The summed E-state index contributed by atoms with van der Waals surface area (Å²) in [4.78, 5) is 0. The normalized spacial score (nSPS) is 14.0. The van der Waals surface area contributed by atoms with E-state index in [1.165, 1.54) is 49.4 Å². The third-order valence-electron chi connectivity index (χ3n) is 8.75. The molecule has 272 valence electrons. The van der Waals surface area contributed by atoms with Crippen molar-refractivity contribution in [1.82, 2.24) is 0 Å². The van der Waals surface area contributed by atoms with Gasteiger partial charge in [0.1, 0.15) is 0 Å². The molecule has 5 aromatic carbocycles. The zero-order chi connectivity index (χ0) is 36.1. The second-order valence-corrected chi connectivity index (χ2v) is 24.3. The Hall–Kier alpha value is -1.77. The summed E-state index contributed by atoms with van der Waals surface area (Å²) in [6, 6.07) is 32.1. The summed E-state index contributed by atoms with van der Waals surface area (Å²) in [7, 11) is -1.07. The van der Waals surface area contributed by atoms with Gasteiger partial charge < -0.3 is 24.8 Å². The molecule has 0 nitrogen and oxygen atoms in total. The molecule has 0 radical (unpaired) electrons. The van der Waals surface area contributed by atoms with Crippen molar-refractivity contribution in [2.45, 2.75) is 85.9 Å². The van der Waals surface area contributed by atoms with Crippen LogP contribution >= 0.6 is 23.2 Å². The van der Waals surface area contributed by atoms with Gasteiger partial charge in [0.25, 0.3) is 0 Å². The summed E-state index contributed by atoms with van der Waals surface area (Å²) in [6.45, 7) is 25.2. The Balaban J connectivity index is 0.000000272. The third kappa shape index (κ3) is 13.2. The monoisotopic (exact) mass is 850 g/mol. The molecule has 0 N–H and O–H groups in total. The van der Waals surface area contributed by atoms with Gasteiger partial charge >= 0.3 is 123 Å². The maximum absolute atomic E-state index is 5.84. The van der Waals surface area contributed by atoms with Crippen LogP contribution in [0.25, 0.3) is 21.5 Å². The minimum Gasteiger partial charge on any atom is -1.00 e. The molecule has 0 heterocycles. The topological polar surface area (TPSA) is 0 Å². The number of benzene rings is 4. The Morgan fingerprint density at radius 1 is 0.667 bits per heavy atom. The van der Waals surface area contributed by atoms with Crippen molar-refractivity contribution in [2.75, 3.05) is 0 Å². The van der Waals surface area contributed by atoms with Gasteiger partial charge in [-0.3, -0.25) is 6.08 Å². The van der Waals surface area contributed by atoms with Gasteiger partial charge in [-0.2, -0.15) is 6.08 Å². The van der Waals surface area contributed by atoms with Gasteiger partial charge in [-0.1, -0.05) is 116 Å². The molecular weight excluding hydrogens is 802 g/mol. The van der Waals surface area contributed by atoms with E-state index in [-0.39, 0.29) is 35.6 Å². The summed E-state index contributed by atoms with van der Waals surface area (Å²) in [5, 5.41) is 8.66. The number of fused-ring (bicyclic) bond motifs is 3. The first-order valence-electron chi connectivity index (χ1n) is 17.2. The van der Waals surface area contributed by atoms with E-state index < -0.39 is 30.3 Å². The van der Waals surface area contributed by atoms with E-state index in [0.29, 0.717) is 5.92 Å². The van der Waals surface area contributed by atoms with E-state index in [2.05, 4.69) is 161 Å². The Bertz CT molecular complexity index is 1900. The molecule has 0 aliphatic heterocycles. The fourth-order valence-corrected chi connectivity index (χ4v) is 10.2. The number of hydrogen-bond acceptors (Lipinski definition) is 0. The molecule has 1 unspecified atom stereocenters. The summed E-state index contributed by atoms with van der Waals surface area (Å²) in [5.74, 6) is 0.553.